The van der Waals surface area contributed by atoms with E-state index in [1.54, 1.807) is 30.3 Å². The van der Waals surface area contributed by atoms with Crippen LogP contribution in [0.2, 0.25) is 0 Å². The van der Waals surface area contributed by atoms with Crippen molar-refractivity contribution in [2.24, 2.45) is 0 Å². The van der Waals surface area contributed by atoms with Crippen molar-refractivity contribution in [1.29, 1.82) is 0 Å². The van der Waals surface area contributed by atoms with Crippen LogP contribution in [0.3, 0.4) is 0 Å². The standard InChI is InChI=1S/C19H20F3NO6S/c20-19(21,22)30(24,25)29-16-10-15(13-28-18-8-4-5-9-26-18)23-11-17(16)27-12-14-6-2-1-3-7-14/h1-3,6-7,10-11,18H,4-5,8-9,12-13H2. The van der Waals surface area contributed by atoms with Gasteiger partial charge in [-0.25, -0.2) is 0 Å². The highest BCUT2D eigenvalue weighted by molar-refractivity contribution is 7.88. The van der Waals surface area contributed by atoms with E-state index in [0.717, 1.165) is 30.7 Å². The number of alkyl halides is 3. The van der Waals surface area contributed by atoms with Crippen molar-refractivity contribution >= 4 is 10.1 Å². The van der Waals surface area contributed by atoms with E-state index in [2.05, 4.69) is 9.17 Å². The molecule has 164 valence electrons. The quantitative estimate of drug-likeness (QED) is 0.448. The van der Waals surface area contributed by atoms with Crippen molar-refractivity contribution in [3.8, 4) is 11.5 Å². The molecule has 7 nitrogen and oxygen atoms in total. The second-order valence-electron chi connectivity index (χ2n) is 6.49. The molecule has 2 aromatic rings. The average Bonchev–Trinajstić information content (AvgIpc) is 2.72. The summed E-state index contributed by atoms with van der Waals surface area (Å²) >= 11 is 0. The number of hydrogen-bond donors (Lipinski definition) is 0. The van der Waals surface area contributed by atoms with Gasteiger partial charge in [0.05, 0.1) is 18.5 Å². The van der Waals surface area contributed by atoms with Gasteiger partial charge in [0.2, 0.25) is 0 Å². The Morgan fingerprint density at radius 1 is 1.10 bits per heavy atom. The maximum absolute atomic E-state index is 12.8. The lowest BCUT2D eigenvalue weighted by atomic mass is 10.2. The van der Waals surface area contributed by atoms with E-state index >= 15 is 0 Å². The van der Waals surface area contributed by atoms with Gasteiger partial charge in [0, 0.05) is 12.7 Å². The largest absolute Gasteiger partial charge is 0.534 e. The highest BCUT2D eigenvalue weighted by Gasteiger charge is 2.49. The Hall–Kier alpha value is -2.37. The molecule has 0 radical (unpaired) electrons. The monoisotopic (exact) mass is 447 g/mol. The Morgan fingerprint density at radius 3 is 2.53 bits per heavy atom. The minimum atomic E-state index is -5.88. The smallest absolute Gasteiger partial charge is 0.483 e. The van der Waals surface area contributed by atoms with Crippen LogP contribution in [0.1, 0.15) is 30.5 Å². The molecule has 11 heteroatoms. The fourth-order valence-corrected chi connectivity index (χ4v) is 3.10. The van der Waals surface area contributed by atoms with E-state index in [1.807, 2.05) is 0 Å². The molecule has 3 rings (SSSR count). The lowest BCUT2D eigenvalue weighted by Gasteiger charge is -2.22. The van der Waals surface area contributed by atoms with Crippen LogP contribution >= 0.6 is 0 Å². The van der Waals surface area contributed by atoms with E-state index in [9.17, 15) is 21.6 Å². The Labute approximate surface area is 171 Å². The number of rotatable bonds is 8. The minimum absolute atomic E-state index is 0.0172. The Bertz CT molecular complexity index is 931. The van der Waals surface area contributed by atoms with Crippen LogP contribution < -0.4 is 8.92 Å². The zero-order valence-electron chi connectivity index (χ0n) is 15.8. The van der Waals surface area contributed by atoms with Gasteiger partial charge >= 0.3 is 15.6 Å². The second kappa shape index (κ2) is 9.63. The number of benzene rings is 1. The number of aromatic nitrogens is 1. The summed E-state index contributed by atoms with van der Waals surface area (Å²) < 4.78 is 82.0. The predicted octanol–water partition coefficient (Wildman–Crippen LogP) is 3.93. The van der Waals surface area contributed by atoms with Crippen LogP contribution in [0, 0.1) is 0 Å². The van der Waals surface area contributed by atoms with E-state index in [0.29, 0.717) is 13.0 Å². The lowest BCUT2D eigenvalue weighted by molar-refractivity contribution is -0.169. The first-order chi connectivity index (χ1) is 14.2. The van der Waals surface area contributed by atoms with E-state index in [1.165, 1.54) is 0 Å². The zero-order chi connectivity index (χ0) is 21.6. The van der Waals surface area contributed by atoms with Crippen LogP contribution in [-0.4, -0.2) is 31.8 Å². The summed E-state index contributed by atoms with van der Waals surface area (Å²) in [5.74, 6) is -0.870. The summed E-state index contributed by atoms with van der Waals surface area (Å²) in [5, 5.41) is 0. The normalized spacial score (nSPS) is 17.5. The molecule has 1 fully saturated rings. The van der Waals surface area contributed by atoms with E-state index < -0.39 is 27.7 Å². The van der Waals surface area contributed by atoms with Crippen molar-refractivity contribution in [3.05, 3.63) is 53.9 Å². The van der Waals surface area contributed by atoms with Gasteiger partial charge in [-0.3, -0.25) is 4.98 Å². The molecule has 30 heavy (non-hydrogen) atoms. The molecular weight excluding hydrogens is 427 g/mol. The first kappa shape index (κ1) is 22.3. The molecule has 0 saturated carbocycles. The fraction of sp³-hybridized carbons (Fsp3) is 0.421. The van der Waals surface area contributed by atoms with Gasteiger partial charge in [-0.05, 0) is 24.8 Å². The number of pyridine rings is 1. The van der Waals surface area contributed by atoms with Crippen molar-refractivity contribution < 1.29 is 40.0 Å². The molecule has 1 aliphatic heterocycles. The summed E-state index contributed by atoms with van der Waals surface area (Å²) in [6.45, 7) is 0.450. The number of hydrogen-bond acceptors (Lipinski definition) is 7. The summed E-state index contributed by atoms with van der Waals surface area (Å²) in [7, 11) is -5.88. The topological polar surface area (TPSA) is 84.0 Å². The Balaban J connectivity index is 1.77. The molecule has 1 saturated heterocycles. The molecule has 0 amide bonds. The SMILES string of the molecule is O=S(=O)(Oc1cc(COC2CCCCO2)ncc1OCc1ccccc1)C(F)(F)F. The molecule has 0 bridgehead atoms. The van der Waals surface area contributed by atoms with Crippen LogP contribution in [-0.2, 0) is 32.8 Å². The number of ether oxygens (including phenoxy) is 3. The molecule has 0 spiro atoms. The molecule has 0 aliphatic carbocycles. The van der Waals surface area contributed by atoms with Gasteiger partial charge in [0.1, 0.15) is 6.61 Å². The predicted molar refractivity (Wildman–Crippen MR) is 99.0 cm³/mol. The highest BCUT2D eigenvalue weighted by atomic mass is 32.2. The third-order valence-corrected chi connectivity index (χ3v) is 5.13. The number of halogens is 3. The maximum atomic E-state index is 12.8. The van der Waals surface area contributed by atoms with Crippen LogP contribution in [0.4, 0.5) is 13.2 Å². The molecule has 1 aliphatic rings. The van der Waals surface area contributed by atoms with Gasteiger partial charge < -0.3 is 18.4 Å². The molecule has 1 aromatic heterocycles. The van der Waals surface area contributed by atoms with Crippen LogP contribution in [0.15, 0.2) is 42.6 Å². The van der Waals surface area contributed by atoms with Gasteiger partial charge in [0.15, 0.2) is 17.8 Å². The Kier molecular flexibility index (Phi) is 7.16. The van der Waals surface area contributed by atoms with Crippen LogP contribution in [0.25, 0.3) is 0 Å². The lowest BCUT2D eigenvalue weighted by Crippen LogP contribution is -2.28. The molecule has 1 atom stereocenters. The second-order valence-corrected chi connectivity index (χ2v) is 8.02. The van der Waals surface area contributed by atoms with Gasteiger partial charge in [0.25, 0.3) is 0 Å². The van der Waals surface area contributed by atoms with Gasteiger partial charge in [-0.1, -0.05) is 30.3 Å². The summed E-state index contributed by atoms with van der Waals surface area (Å²) in [4.78, 5) is 4.07. The minimum Gasteiger partial charge on any atom is -0.483 e. The van der Waals surface area contributed by atoms with E-state index in [4.69, 9.17) is 14.2 Å². The van der Waals surface area contributed by atoms with Gasteiger partial charge in [-0.15, -0.1) is 0 Å². The first-order valence-corrected chi connectivity index (χ1v) is 10.5. The summed E-state index contributed by atoms with van der Waals surface area (Å²) in [5.41, 5.74) is -4.69. The van der Waals surface area contributed by atoms with Crippen molar-refractivity contribution in [1.82, 2.24) is 4.98 Å². The highest BCUT2D eigenvalue weighted by Crippen LogP contribution is 2.34. The number of nitrogens with zero attached hydrogens (tertiary/aromatic N) is 1. The van der Waals surface area contributed by atoms with Crippen molar-refractivity contribution in [2.75, 3.05) is 6.61 Å². The Morgan fingerprint density at radius 2 is 1.87 bits per heavy atom. The third-order valence-electron chi connectivity index (χ3n) is 4.16. The van der Waals surface area contributed by atoms with Gasteiger partial charge in [-0.2, -0.15) is 21.6 Å². The maximum Gasteiger partial charge on any atom is 0.534 e. The zero-order valence-corrected chi connectivity index (χ0v) is 16.6. The molecule has 1 unspecified atom stereocenters. The first-order valence-electron chi connectivity index (χ1n) is 9.14. The third kappa shape index (κ3) is 6.07. The molecule has 0 N–H and O–H groups in total. The van der Waals surface area contributed by atoms with Crippen molar-refractivity contribution in [2.45, 2.75) is 44.3 Å². The average molecular weight is 447 g/mol. The molecular formula is C19H20F3NO6S. The fourth-order valence-electron chi connectivity index (χ4n) is 2.64. The van der Waals surface area contributed by atoms with Crippen molar-refractivity contribution in [3.63, 3.8) is 0 Å². The molecule has 2 heterocycles. The summed E-state index contributed by atoms with van der Waals surface area (Å²) in [6.07, 6.45) is 3.20. The van der Waals surface area contributed by atoms with E-state index in [-0.39, 0.29) is 24.7 Å². The van der Waals surface area contributed by atoms with Crippen LogP contribution in [0.5, 0.6) is 11.5 Å². The summed E-state index contributed by atoms with van der Waals surface area (Å²) in [6, 6.07) is 9.85. The molecule has 1 aromatic carbocycles.